The molecule has 1 aromatic carbocycles. The zero-order chi connectivity index (χ0) is 41.2. The lowest BCUT2D eigenvalue weighted by molar-refractivity contribution is -0.0337. The van der Waals surface area contributed by atoms with E-state index in [9.17, 15) is 4.79 Å². The second-order valence-electron chi connectivity index (χ2n) is 14.4. The molecule has 14 nitrogen and oxygen atoms in total. The Labute approximate surface area is 336 Å². The molecule has 0 aliphatic rings. The van der Waals surface area contributed by atoms with E-state index in [0.29, 0.717) is 155 Å². The summed E-state index contributed by atoms with van der Waals surface area (Å²) in [6.07, 6.45) is 7.20. The van der Waals surface area contributed by atoms with Gasteiger partial charge in [-0.2, -0.15) is 0 Å². The zero-order valence-electron chi connectivity index (χ0n) is 35.4. The quantitative estimate of drug-likeness (QED) is 0.0482. The molecule has 0 aliphatic heterocycles. The van der Waals surface area contributed by atoms with Crippen molar-refractivity contribution in [2.24, 2.45) is 10.8 Å². The fraction of sp³-hybridized carbons (Fsp3) is 0.786. The van der Waals surface area contributed by atoms with Gasteiger partial charge in [-0.25, -0.2) is 0 Å². The fourth-order valence-electron chi connectivity index (χ4n) is 4.67. The molecule has 0 amide bonds. The molecular weight excluding hydrogens is 728 g/mol. The molecule has 14 heteroatoms. The number of ether oxygens (including phenoxy) is 13. The van der Waals surface area contributed by atoms with E-state index in [-0.39, 0.29) is 36.4 Å². The lowest BCUT2D eigenvalue weighted by Crippen LogP contribution is -2.32. The molecule has 0 saturated heterocycles. The highest BCUT2D eigenvalue weighted by Gasteiger charge is 2.26. The molecular formula is C42H72O14. The Balaban J connectivity index is 2.86. The van der Waals surface area contributed by atoms with Crippen molar-refractivity contribution >= 4 is 5.78 Å². The van der Waals surface area contributed by atoms with Gasteiger partial charge in [0.15, 0.2) is 17.3 Å². The standard InChI is InChI=1S/C42H72O14/c1-9-11-12-13-52-32-41(3,4)33-53-34-42(5,6)35-56-40-38(54-28-26-50-24-22-48-20-18-46-16-14-44-7)30-36(37(43)10-2)31-39(40)55-29-27-51-25-23-49-21-19-47-17-15-45-8/h1,30-31H,10-29,32-35H2,2-8H3. The van der Waals surface area contributed by atoms with Crippen LogP contribution in [0.25, 0.3) is 0 Å². The number of carbonyl (C=O) groups excluding carboxylic acids is 1. The molecule has 0 heterocycles. The first-order chi connectivity index (χ1) is 27.1. The maximum absolute atomic E-state index is 12.9. The van der Waals surface area contributed by atoms with Gasteiger partial charge in [-0.3, -0.25) is 4.79 Å². The number of rotatable bonds is 40. The monoisotopic (exact) mass is 800 g/mol. The number of ketones is 1. The third-order valence-electron chi connectivity index (χ3n) is 7.68. The van der Waals surface area contributed by atoms with Crippen LogP contribution in [0.15, 0.2) is 12.1 Å². The topological polar surface area (TPSA) is 137 Å². The molecule has 56 heavy (non-hydrogen) atoms. The summed E-state index contributed by atoms with van der Waals surface area (Å²) in [5, 5.41) is 0. The molecule has 0 bridgehead atoms. The molecule has 0 saturated carbocycles. The second-order valence-corrected chi connectivity index (χ2v) is 14.4. The van der Waals surface area contributed by atoms with Crippen LogP contribution >= 0.6 is 0 Å². The normalized spacial score (nSPS) is 11.8. The van der Waals surface area contributed by atoms with Crippen LogP contribution in [-0.2, 0) is 47.4 Å². The number of terminal acetylenes is 1. The van der Waals surface area contributed by atoms with Crippen molar-refractivity contribution in [1.29, 1.82) is 0 Å². The van der Waals surface area contributed by atoms with Crippen LogP contribution < -0.4 is 14.2 Å². The number of methoxy groups -OCH3 is 2. The van der Waals surface area contributed by atoms with Crippen molar-refractivity contribution in [2.45, 2.75) is 53.9 Å². The highest BCUT2D eigenvalue weighted by atomic mass is 16.6. The van der Waals surface area contributed by atoms with E-state index in [1.165, 1.54) is 0 Å². The smallest absolute Gasteiger partial charge is 0.203 e. The second kappa shape index (κ2) is 33.4. The SMILES string of the molecule is C#CCCCOCC(C)(C)COCC(C)(C)COc1c(OCCOCCOCCOCCOC)cc(C(=O)CC)cc1OCCOCCOCCOCCOC. The van der Waals surface area contributed by atoms with Crippen molar-refractivity contribution in [1.82, 2.24) is 0 Å². The highest BCUT2D eigenvalue weighted by molar-refractivity contribution is 5.97. The Hall–Kier alpha value is -2.55. The first-order valence-electron chi connectivity index (χ1n) is 19.7. The van der Waals surface area contributed by atoms with Gasteiger partial charge in [0.05, 0.1) is 119 Å². The molecule has 0 fully saturated rings. The lowest BCUT2D eigenvalue weighted by atomic mass is 9.94. The van der Waals surface area contributed by atoms with E-state index in [4.69, 9.17) is 68.0 Å². The van der Waals surface area contributed by atoms with Crippen molar-refractivity contribution in [3.63, 3.8) is 0 Å². The molecule has 0 aromatic heterocycles. The number of hydrogen-bond acceptors (Lipinski definition) is 14. The van der Waals surface area contributed by atoms with Gasteiger partial charge < -0.3 is 61.6 Å². The van der Waals surface area contributed by atoms with Crippen LogP contribution in [0.3, 0.4) is 0 Å². The summed E-state index contributed by atoms with van der Waals surface area (Å²) >= 11 is 0. The Morgan fingerprint density at radius 1 is 0.536 bits per heavy atom. The third-order valence-corrected chi connectivity index (χ3v) is 7.68. The van der Waals surface area contributed by atoms with Crippen LogP contribution in [0.4, 0.5) is 0 Å². The maximum atomic E-state index is 12.9. The van der Waals surface area contributed by atoms with Crippen molar-refractivity contribution in [3.8, 4) is 29.6 Å². The highest BCUT2D eigenvalue weighted by Crippen LogP contribution is 2.40. The Morgan fingerprint density at radius 2 is 0.929 bits per heavy atom. The Bertz CT molecular complexity index is 1100. The van der Waals surface area contributed by atoms with Gasteiger partial charge in [0.2, 0.25) is 5.75 Å². The van der Waals surface area contributed by atoms with Crippen molar-refractivity contribution < 1.29 is 66.4 Å². The molecule has 0 spiro atoms. The van der Waals surface area contributed by atoms with E-state index in [1.54, 1.807) is 26.4 Å². The summed E-state index contributed by atoms with van der Waals surface area (Å²) < 4.78 is 74.1. The summed E-state index contributed by atoms with van der Waals surface area (Å²) in [5.74, 6) is 3.74. The van der Waals surface area contributed by atoms with Gasteiger partial charge >= 0.3 is 0 Å². The first kappa shape index (κ1) is 51.5. The average Bonchev–Trinajstić information content (AvgIpc) is 3.17. The van der Waals surface area contributed by atoms with Crippen LogP contribution in [0.2, 0.25) is 0 Å². The number of hydrogen-bond donors (Lipinski definition) is 0. The van der Waals surface area contributed by atoms with Gasteiger partial charge in [-0.15, -0.1) is 12.3 Å². The minimum Gasteiger partial charge on any atom is -0.487 e. The summed E-state index contributed by atoms with van der Waals surface area (Å²) in [7, 11) is 3.27. The number of carbonyl (C=O) groups is 1. The van der Waals surface area contributed by atoms with Crippen LogP contribution in [0.1, 0.15) is 64.2 Å². The molecule has 324 valence electrons. The number of Topliss-reactive ketones (excluding diaryl/α,β-unsaturated/α-hetero) is 1. The zero-order valence-corrected chi connectivity index (χ0v) is 35.4. The largest absolute Gasteiger partial charge is 0.487 e. The van der Waals surface area contributed by atoms with Crippen LogP contribution in [0.5, 0.6) is 17.2 Å². The summed E-state index contributed by atoms with van der Waals surface area (Å²) in [6.45, 7) is 19.3. The lowest BCUT2D eigenvalue weighted by Gasteiger charge is -2.29. The van der Waals surface area contributed by atoms with Crippen LogP contribution in [-0.4, -0.2) is 159 Å². The summed E-state index contributed by atoms with van der Waals surface area (Å²) in [6, 6.07) is 3.40. The summed E-state index contributed by atoms with van der Waals surface area (Å²) in [5.41, 5.74) is -0.0948. The molecule has 0 unspecified atom stereocenters. The molecule has 1 aromatic rings. The van der Waals surface area contributed by atoms with Crippen molar-refractivity contribution in [3.05, 3.63) is 17.7 Å². The van der Waals surface area contributed by atoms with Gasteiger partial charge in [-0.1, -0.05) is 34.6 Å². The first-order valence-corrected chi connectivity index (χ1v) is 19.7. The van der Waals surface area contributed by atoms with Gasteiger partial charge in [0.1, 0.15) is 13.2 Å². The van der Waals surface area contributed by atoms with E-state index in [2.05, 4.69) is 33.6 Å². The molecule has 0 atom stereocenters. The van der Waals surface area contributed by atoms with E-state index >= 15 is 0 Å². The Morgan fingerprint density at radius 3 is 1.34 bits per heavy atom. The van der Waals surface area contributed by atoms with Gasteiger partial charge in [0.25, 0.3) is 0 Å². The number of unbranched alkanes of at least 4 members (excludes halogenated alkanes) is 1. The predicted molar refractivity (Wildman–Crippen MR) is 213 cm³/mol. The fourth-order valence-corrected chi connectivity index (χ4v) is 4.67. The summed E-state index contributed by atoms with van der Waals surface area (Å²) in [4.78, 5) is 12.9. The van der Waals surface area contributed by atoms with E-state index in [0.717, 1.165) is 6.42 Å². The predicted octanol–water partition coefficient (Wildman–Crippen LogP) is 5.31. The molecule has 0 radical (unpaired) electrons. The average molecular weight is 801 g/mol. The van der Waals surface area contributed by atoms with Gasteiger partial charge in [0, 0.05) is 50.1 Å². The number of benzene rings is 1. The molecule has 0 aliphatic carbocycles. The maximum Gasteiger partial charge on any atom is 0.203 e. The minimum absolute atomic E-state index is 0.0539. The molecule has 1 rings (SSSR count). The third kappa shape index (κ3) is 27.1. The van der Waals surface area contributed by atoms with Crippen LogP contribution in [0, 0.1) is 23.2 Å². The minimum atomic E-state index is -0.383. The van der Waals surface area contributed by atoms with E-state index < -0.39 is 0 Å². The van der Waals surface area contributed by atoms with E-state index in [1.807, 2.05) is 6.92 Å². The van der Waals surface area contributed by atoms with Crippen molar-refractivity contribution in [2.75, 3.05) is 153 Å². The molecule has 0 N–H and O–H groups in total. The van der Waals surface area contributed by atoms with Gasteiger partial charge in [-0.05, 0) is 18.6 Å². The Kier molecular flexibility index (Phi) is 30.7.